The molecule has 68 valence electrons. The Balaban J connectivity index is 2.39. The van der Waals surface area contributed by atoms with Crippen molar-refractivity contribution in [2.75, 3.05) is 0 Å². The first kappa shape index (κ1) is 6.55. The number of carbonyl (C=O) groups is 1. The van der Waals surface area contributed by atoms with Crippen molar-refractivity contribution in [1.82, 2.24) is 0 Å². The van der Waals surface area contributed by atoms with E-state index in [1.54, 1.807) is 30.3 Å². The van der Waals surface area contributed by atoms with Crippen molar-refractivity contribution in [2.24, 2.45) is 0 Å². The van der Waals surface area contributed by atoms with Gasteiger partial charge in [-0.15, -0.1) is 0 Å². The molecule has 0 radical (unpaired) electrons. The van der Waals surface area contributed by atoms with E-state index in [1.807, 2.05) is 6.07 Å². The van der Waals surface area contributed by atoms with E-state index in [0.717, 1.165) is 0 Å². The van der Waals surface area contributed by atoms with Gasteiger partial charge >= 0.3 is 0 Å². The summed E-state index contributed by atoms with van der Waals surface area (Å²) in [6.45, 7) is 0. The van der Waals surface area contributed by atoms with Gasteiger partial charge in [0.15, 0.2) is 5.78 Å². The van der Waals surface area contributed by atoms with Crippen molar-refractivity contribution in [1.29, 1.82) is 0 Å². The third kappa shape index (κ3) is 1.72. The van der Waals surface area contributed by atoms with E-state index >= 15 is 0 Å². The Morgan fingerprint density at radius 3 is 2.21 bits per heavy atom. The van der Waals surface area contributed by atoms with Crippen LogP contribution in [0.1, 0.15) is 18.7 Å². The van der Waals surface area contributed by atoms with Crippen LogP contribution in [-0.4, -0.2) is 5.78 Å². The first-order valence-corrected chi connectivity index (χ1v) is 4.35. The lowest BCUT2D eigenvalue weighted by atomic mass is 10.0. The second kappa shape index (κ2) is 3.88. The molecule has 2 aromatic carbocycles. The molecule has 2 aromatic rings. The summed E-state index contributed by atoms with van der Waals surface area (Å²) in [4.78, 5) is 12.0. The molecule has 0 aliphatic heterocycles. The molecule has 0 aromatic heterocycles. The quantitative estimate of drug-likeness (QED) is 0.656. The van der Waals surface area contributed by atoms with E-state index in [1.165, 1.54) is 12.1 Å². The van der Waals surface area contributed by atoms with Gasteiger partial charge in [-0.1, -0.05) is 60.6 Å². The van der Waals surface area contributed by atoms with Gasteiger partial charge in [-0.2, -0.15) is 0 Å². The van der Waals surface area contributed by atoms with Crippen LogP contribution in [0.25, 0.3) is 0 Å². The van der Waals surface area contributed by atoms with Gasteiger partial charge in [0.1, 0.15) is 0 Å². The van der Waals surface area contributed by atoms with Gasteiger partial charge in [-0.25, -0.2) is 0 Å². The van der Waals surface area contributed by atoms with Crippen molar-refractivity contribution in [3.63, 3.8) is 0 Å². The highest BCUT2D eigenvalue weighted by Crippen LogP contribution is 2.08. The summed E-state index contributed by atoms with van der Waals surface area (Å²) < 4.78 is 14.8. The highest BCUT2D eigenvalue weighted by molar-refractivity contribution is 6.08. The number of benzene rings is 2. The Kier molecular flexibility index (Phi) is 1.81. The molecule has 0 saturated heterocycles. The minimum absolute atomic E-state index is 0.0711. The summed E-state index contributed by atoms with van der Waals surface area (Å²) in [7, 11) is 0. The highest BCUT2D eigenvalue weighted by atomic mass is 16.1. The van der Waals surface area contributed by atoms with Crippen LogP contribution in [0, 0.1) is 0 Å². The highest BCUT2D eigenvalue weighted by Gasteiger charge is 2.06. The van der Waals surface area contributed by atoms with Crippen LogP contribution in [0.5, 0.6) is 0 Å². The van der Waals surface area contributed by atoms with Crippen molar-refractivity contribution in [2.45, 2.75) is 0 Å². The van der Waals surface area contributed by atoms with Gasteiger partial charge in [0, 0.05) is 11.1 Å². The molecule has 0 amide bonds. The third-order valence-corrected chi connectivity index (χ3v) is 1.96. The lowest BCUT2D eigenvalue weighted by Gasteiger charge is -1.99. The van der Waals surface area contributed by atoms with Crippen LogP contribution in [0.15, 0.2) is 60.6 Å². The average Bonchev–Trinajstić information content (AvgIpc) is 2.33. The Morgan fingerprint density at radius 2 is 1.50 bits per heavy atom. The lowest BCUT2D eigenvalue weighted by molar-refractivity contribution is 0.103. The second-order valence-electron chi connectivity index (χ2n) is 2.92. The fourth-order valence-corrected chi connectivity index (χ4v) is 1.24. The van der Waals surface area contributed by atoms with Crippen LogP contribution < -0.4 is 0 Å². The second-order valence-corrected chi connectivity index (χ2v) is 2.92. The van der Waals surface area contributed by atoms with Gasteiger partial charge < -0.3 is 0 Å². The zero-order valence-electron chi connectivity index (χ0n) is 9.53. The van der Waals surface area contributed by atoms with E-state index in [2.05, 4.69) is 0 Å². The number of hydrogen-bond donors (Lipinski definition) is 0. The Labute approximate surface area is 85.8 Å². The Bertz CT molecular complexity index is 521. The molecular weight excluding hydrogens is 172 g/mol. The average molecular weight is 184 g/mol. The van der Waals surface area contributed by atoms with Crippen LogP contribution in [0.3, 0.4) is 0 Å². The predicted octanol–water partition coefficient (Wildman–Crippen LogP) is 2.92. The maximum absolute atomic E-state index is 12.0. The van der Waals surface area contributed by atoms with Crippen molar-refractivity contribution < 1.29 is 7.54 Å². The molecule has 0 heterocycles. The van der Waals surface area contributed by atoms with Crippen LogP contribution in [-0.2, 0) is 0 Å². The minimum Gasteiger partial charge on any atom is -0.289 e. The van der Waals surface area contributed by atoms with Crippen LogP contribution in [0.2, 0.25) is 0 Å². The molecule has 0 aliphatic carbocycles. The molecule has 0 saturated carbocycles. The zero-order valence-corrected chi connectivity index (χ0v) is 7.53. The van der Waals surface area contributed by atoms with E-state index in [4.69, 9.17) is 2.74 Å². The molecule has 0 fully saturated rings. The first-order valence-electron chi connectivity index (χ1n) is 5.35. The maximum atomic E-state index is 12.0. The maximum Gasteiger partial charge on any atom is 0.193 e. The normalized spacial score (nSPS) is 11.7. The van der Waals surface area contributed by atoms with Crippen LogP contribution in [0.4, 0.5) is 0 Å². The summed E-state index contributed by atoms with van der Waals surface area (Å²) in [6.07, 6.45) is 0. The van der Waals surface area contributed by atoms with Crippen molar-refractivity contribution in [3.05, 3.63) is 71.7 Å². The summed E-state index contributed by atoms with van der Waals surface area (Å²) in [5, 5.41) is 0. The Hall–Kier alpha value is -1.89. The minimum atomic E-state index is -0.117. The molecule has 14 heavy (non-hydrogen) atoms. The number of carbonyl (C=O) groups excluding carboxylic acids is 1. The lowest BCUT2D eigenvalue weighted by Crippen LogP contribution is -1.99. The molecular formula is C13H10O. The molecule has 1 nitrogen and oxygen atoms in total. The fraction of sp³-hybridized carbons (Fsp3) is 0. The molecule has 0 aliphatic rings. The van der Waals surface area contributed by atoms with Crippen molar-refractivity contribution >= 4 is 5.78 Å². The smallest absolute Gasteiger partial charge is 0.193 e. The van der Waals surface area contributed by atoms with Gasteiger partial charge in [0.05, 0.1) is 2.74 Å². The standard InChI is InChI=1S/C13H10O/c14-13(11-7-3-1-4-8-11)12-9-5-2-6-10-12/h1-10H/i1D,3D. The summed E-state index contributed by atoms with van der Waals surface area (Å²) in [5.74, 6) is -0.117. The van der Waals surface area contributed by atoms with Gasteiger partial charge in [-0.05, 0) is 0 Å². The predicted molar refractivity (Wildman–Crippen MR) is 56.3 cm³/mol. The number of hydrogen-bond acceptors (Lipinski definition) is 1. The zero-order chi connectivity index (χ0) is 11.5. The fourth-order valence-electron chi connectivity index (χ4n) is 1.24. The van der Waals surface area contributed by atoms with E-state index in [9.17, 15) is 4.79 Å². The van der Waals surface area contributed by atoms with Gasteiger partial charge in [0.25, 0.3) is 0 Å². The SMILES string of the molecule is [2H]c1ccc(C(=O)c2ccccc2)cc1[2H]. The van der Waals surface area contributed by atoms with Gasteiger partial charge in [-0.3, -0.25) is 4.79 Å². The molecule has 0 atom stereocenters. The molecule has 2 rings (SSSR count). The topological polar surface area (TPSA) is 17.1 Å². The summed E-state index contributed by atoms with van der Waals surface area (Å²) in [6, 6.07) is 13.6. The first-order chi connectivity index (χ1) is 7.68. The monoisotopic (exact) mass is 184 g/mol. The van der Waals surface area contributed by atoms with E-state index in [-0.39, 0.29) is 17.9 Å². The summed E-state index contributed by atoms with van der Waals surface area (Å²) >= 11 is 0. The number of ketones is 1. The van der Waals surface area contributed by atoms with Crippen molar-refractivity contribution in [3.8, 4) is 0 Å². The van der Waals surface area contributed by atoms with E-state index in [0.29, 0.717) is 11.1 Å². The molecule has 0 bridgehead atoms. The van der Waals surface area contributed by atoms with Crippen LogP contribution >= 0.6 is 0 Å². The summed E-state index contributed by atoms with van der Waals surface area (Å²) in [5.41, 5.74) is 1.05. The van der Waals surface area contributed by atoms with E-state index < -0.39 is 0 Å². The Morgan fingerprint density at radius 1 is 0.857 bits per heavy atom. The molecule has 0 N–H and O–H groups in total. The molecule has 0 spiro atoms. The third-order valence-electron chi connectivity index (χ3n) is 1.96. The largest absolute Gasteiger partial charge is 0.289 e. The molecule has 0 unspecified atom stereocenters. The number of rotatable bonds is 2. The van der Waals surface area contributed by atoms with Gasteiger partial charge in [0.2, 0.25) is 0 Å². The molecule has 1 heteroatoms.